The molecule has 1 aromatic heterocycles. The Balaban J connectivity index is 2.50. The van der Waals surface area contributed by atoms with Crippen LogP contribution in [-0.2, 0) is 6.42 Å². The summed E-state index contributed by atoms with van der Waals surface area (Å²) in [7, 11) is 0. The van der Waals surface area contributed by atoms with Gasteiger partial charge in [0.2, 0.25) is 0 Å². The molecule has 0 aliphatic rings. The average molecular weight is 296 g/mol. The Kier molecular flexibility index (Phi) is 4.36. The number of halogens is 2. The van der Waals surface area contributed by atoms with Crippen molar-refractivity contribution in [3.8, 4) is 0 Å². The maximum atomic E-state index is 5.41. The minimum atomic E-state index is 0.683. The normalized spacial score (nSPS) is 13.2. The lowest BCUT2D eigenvalue weighted by Gasteiger charge is -2.07. The first kappa shape index (κ1) is 10.3. The van der Waals surface area contributed by atoms with E-state index < -0.39 is 0 Å². The minimum absolute atomic E-state index is 0.683. The Morgan fingerprint density at radius 3 is 2.67 bits per heavy atom. The largest absolute Gasteiger partial charge is 0.454 e. The van der Waals surface area contributed by atoms with Crippen molar-refractivity contribution in [1.29, 1.82) is 0 Å². The van der Waals surface area contributed by atoms with E-state index in [4.69, 9.17) is 4.42 Å². The third-order valence-corrected chi connectivity index (χ3v) is 3.26. The van der Waals surface area contributed by atoms with Crippen molar-refractivity contribution >= 4 is 31.9 Å². The fourth-order valence-electron chi connectivity index (χ4n) is 1.05. The first-order chi connectivity index (χ1) is 5.76. The molecule has 0 radical (unpaired) electrons. The highest BCUT2D eigenvalue weighted by Crippen LogP contribution is 2.19. The van der Waals surface area contributed by atoms with Gasteiger partial charge in [0.05, 0.1) is 0 Å². The quantitative estimate of drug-likeness (QED) is 0.765. The van der Waals surface area contributed by atoms with E-state index in [2.05, 4.69) is 38.8 Å². The minimum Gasteiger partial charge on any atom is -0.454 e. The zero-order chi connectivity index (χ0) is 8.97. The Labute approximate surface area is 89.8 Å². The van der Waals surface area contributed by atoms with Crippen molar-refractivity contribution in [2.75, 3.05) is 5.33 Å². The monoisotopic (exact) mass is 294 g/mol. The lowest BCUT2D eigenvalue weighted by molar-refractivity contribution is 0.442. The first-order valence-corrected chi connectivity index (χ1v) is 5.98. The molecule has 0 saturated heterocycles. The van der Waals surface area contributed by atoms with Crippen LogP contribution < -0.4 is 0 Å². The third kappa shape index (κ3) is 2.94. The van der Waals surface area contributed by atoms with Gasteiger partial charge in [0.1, 0.15) is 5.76 Å². The van der Waals surface area contributed by atoms with Crippen LogP contribution in [0.4, 0.5) is 0 Å². The second kappa shape index (κ2) is 5.07. The molecule has 0 bridgehead atoms. The second-order valence-electron chi connectivity index (χ2n) is 2.84. The molecule has 0 fully saturated rings. The van der Waals surface area contributed by atoms with E-state index in [0.29, 0.717) is 5.92 Å². The van der Waals surface area contributed by atoms with Gasteiger partial charge >= 0.3 is 0 Å². The summed E-state index contributed by atoms with van der Waals surface area (Å²) >= 11 is 6.77. The van der Waals surface area contributed by atoms with Crippen LogP contribution in [0.5, 0.6) is 0 Å². The van der Waals surface area contributed by atoms with Crippen LogP contribution in [0.2, 0.25) is 0 Å². The summed E-state index contributed by atoms with van der Waals surface area (Å²) in [4.78, 5) is 0. The number of hydrogen-bond donors (Lipinski definition) is 0. The predicted molar refractivity (Wildman–Crippen MR) is 57.7 cm³/mol. The van der Waals surface area contributed by atoms with E-state index in [0.717, 1.165) is 22.2 Å². The summed E-state index contributed by atoms with van der Waals surface area (Å²) in [5.74, 6) is 1.75. The van der Waals surface area contributed by atoms with E-state index in [1.54, 1.807) is 0 Å². The van der Waals surface area contributed by atoms with Crippen LogP contribution in [-0.4, -0.2) is 5.33 Å². The zero-order valence-electron chi connectivity index (χ0n) is 7.02. The molecule has 1 unspecified atom stereocenters. The summed E-state index contributed by atoms with van der Waals surface area (Å²) < 4.78 is 6.23. The van der Waals surface area contributed by atoms with Crippen molar-refractivity contribution in [3.63, 3.8) is 0 Å². The molecule has 1 nitrogen and oxygen atoms in total. The van der Waals surface area contributed by atoms with Gasteiger partial charge in [-0.3, -0.25) is 0 Å². The van der Waals surface area contributed by atoms with E-state index in [1.807, 2.05) is 12.1 Å². The molecule has 0 aliphatic carbocycles. The molecule has 3 heteroatoms. The fraction of sp³-hybridized carbons (Fsp3) is 0.556. The van der Waals surface area contributed by atoms with Crippen molar-refractivity contribution < 1.29 is 4.42 Å². The molecular formula is C9H12Br2O. The maximum Gasteiger partial charge on any atom is 0.169 e. The van der Waals surface area contributed by atoms with Gasteiger partial charge in [-0.2, -0.15) is 0 Å². The summed E-state index contributed by atoms with van der Waals surface area (Å²) in [6.45, 7) is 2.20. The lowest BCUT2D eigenvalue weighted by atomic mass is 10.0. The van der Waals surface area contributed by atoms with Crippen molar-refractivity contribution in [3.05, 3.63) is 22.6 Å². The van der Waals surface area contributed by atoms with Crippen LogP contribution in [0.25, 0.3) is 0 Å². The van der Waals surface area contributed by atoms with E-state index in [9.17, 15) is 0 Å². The van der Waals surface area contributed by atoms with E-state index >= 15 is 0 Å². The molecule has 1 heterocycles. The molecular weight excluding hydrogens is 284 g/mol. The molecule has 68 valence electrons. The second-order valence-corrected chi connectivity index (χ2v) is 4.27. The Hall–Kier alpha value is 0.240. The van der Waals surface area contributed by atoms with Crippen molar-refractivity contribution in [2.24, 2.45) is 5.92 Å². The average Bonchev–Trinajstić information content (AvgIpc) is 2.47. The van der Waals surface area contributed by atoms with Gasteiger partial charge in [0, 0.05) is 11.8 Å². The molecule has 12 heavy (non-hydrogen) atoms. The van der Waals surface area contributed by atoms with Crippen LogP contribution >= 0.6 is 31.9 Å². The number of hydrogen-bond acceptors (Lipinski definition) is 1. The van der Waals surface area contributed by atoms with Crippen LogP contribution in [0.1, 0.15) is 19.1 Å². The predicted octanol–water partition coefficient (Wildman–Crippen LogP) is 4.01. The number of rotatable bonds is 4. The number of furan rings is 1. The summed E-state index contributed by atoms with van der Waals surface area (Å²) in [6.07, 6.45) is 2.21. The molecule has 0 aromatic carbocycles. The van der Waals surface area contributed by atoms with Crippen LogP contribution in [0.15, 0.2) is 21.2 Å². The van der Waals surface area contributed by atoms with Crippen LogP contribution in [0, 0.1) is 5.92 Å². The van der Waals surface area contributed by atoms with Gasteiger partial charge in [-0.25, -0.2) is 0 Å². The maximum absolute atomic E-state index is 5.41. The van der Waals surface area contributed by atoms with Gasteiger partial charge in [-0.15, -0.1) is 0 Å². The SMILES string of the molecule is CCC(CBr)Cc1ccc(Br)o1. The third-order valence-electron chi connectivity index (χ3n) is 1.91. The molecule has 1 atom stereocenters. The molecule has 0 aliphatic heterocycles. The first-order valence-electron chi connectivity index (χ1n) is 4.06. The highest BCUT2D eigenvalue weighted by Gasteiger charge is 2.08. The Morgan fingerprint density at radius 1 is 1.50 bits per heavy atom. The topological polar surface area (TPSA) is 13.1 Å². The van der Waals surface area contributed by atoms with Gasteiger partial charge < -0.3 is 4.42 Å². The standard InChI is InChI=1S/C9H12Br2O/c1-2-7(6-10)5-8-3-4-9(11)12-8/h3-4,7H,2,5-6H2,1H3. The molecule has 0 N–H and O–H groups in total. The number of alkyl halides is 1. The smallest absolute Gasteiger partial charge is 0.169 e. The molecule has 0 amide bonds. The molecule has 1 aromatic rings. The van der Waals surface area contributed by atoms with Crippen molar-refractivity contribution in [2.45, 2.75) is 19.8 Å². The fourth-order valence-corrected chi connectivity index (χ4v) is 2.08. The lowest BCUT2D eigenvalue weighted by Crippen LogP contribution is -2.03. The molecule has 0 spiro atoms. The van der Waals surface area contributed by atoms with Gasteiger partial charge in [0.15, 0.2) is 4.67 Å². The van der Waals surface area contributed by atoms with E-state index in [1.165, 1.54) is 6.42 Å². The van der Waals surface area contributed by atoms with Gasteiger partial charge in [0.25, 0.3) is 0 Å². The Bertz CT molecular complexity index is 228. The van der Waals surface area contributed by atoms with E-state index in [-0.39, 0.29) is 0 Å². The summed E-state index contributed by atoms with van der Waals surface area (Å²) in [6, 6.07) is 3.96. The molecule has 0 saturated carbocycles. The summed E-state index contributed by atoms with van der Waals surface area (Å²) in [5, 5.41) is 1.04. The van der Waals surface area contributed by atoms with Gasteiger partial charge in [-0.1, -0.05) is 29.3 Å². The summed E-state index contributed by atoms with van der Waals surface area (Å²) in [5.41, 5.74) is 0. The van der Waals surface area contributed by atoms with Crippen molar-refractivity contribution in [1.82, 2.24) is 0 Å². The zero-order valence-corrected chi connectivity index (χ0v) is 10.2. The van der Waals surface area contributed by atoms with Crippen LogP contribution in [0.3, 0.4) is 0 Å². The highest BCUT2D eigenvalue weighted by molar-refractivity contribution is 9.10. The molecule has 1 rings (SSSR count). The highest BCUT2D eigenvalue weighted by atomic mass is 79.9. The van der Waals surface area contributed by atoms with Gasteiger partial charge in [-0.05, 0) is 34.0 Å². The Morgan fingerprint density at radius 2 is 2.25 bits per heavy atom.